The number of aromatic amines is 1. The number of benzene rings is 1. The number of pyridine rings is 1. The van der Waals surface area contributed by atoms with Crippen LogP contribution in [0.1, 0.15) is 5.56 Å². The molecule has 0 saturated carbocycles. The van der Waals surface area contributed by atoms with E-state index in [1.54, 1.807) is 12.4 Å². The van der Waals surface area contributed by atoms with Crippen LogP contribution in [0.4, 0.5) is 22.0 Å². The second-order valence-electron chi connectivity index (χ2n) is 7.73. The van der Waals surface area contributed by atoms with Crippen LogP contribution >= 0.6 is 0 Å². The van der Waals surface area contributed by atoms with E-state index in [-0.39, 0.29) is 18.7 Å². The molecule has 3 heterocycles. The number of halogens is 5. The Kier molecular flexibility index (Phi) is 8.52. The van der Waals surface area contributed by atoms with Gasteiger partial charge in [0, 0.05) is 35.6 Å². The number of nitrogens with zero attached hydrogens (tertiary/aromatic N) is 5. The molecular weight excluding hydrogens is 517 g/mol. The van der Waals surface area contributed by atoms with Crippen molar-refractivity contribution in [3.63, 3.8) is 0 Å². The van der Waals surface area contributed by atoms with Gasteiger partial charge in [0.15, 0.2) is 0 Å². The summed E-state index contributed by atoms with van der Waals surface area (Å²) in [5.41, 5.74) is 8.85. The van der Waals surface area contributed by atoms with Crippen molar-refractivity contribution in [3.05, 3.63) is 82.8 Å². The molecule has 4 N–H and O–H groups in total. The number of aryl methyl sites for hydroxylation is 1. The summed E-state index contributed by atoms with van der Waals surface area (Å²) >= 11 is 0. The second-order valence-corrected chi connectivity index (χ2v) is 7.73. The second kappa shape index (κ2) is 11.6. The van der Waals surface area contributed by atoms with E-state index in [1.807, 2.05) is 43.3 Å². The molecule has 0 unspecified atom stereocenters. The molecule has 3 aromatic heterocycles. The Bertz CT molecular complexity index is 1500. The summed E-state index contributed by atoms with van der Waals surface area (Å²) in [6.45, 7) is 1.09. The standard InChI is InChI=1S/C21H19F2N7O.C2HF3O2/c1-13-7-16(14-3-2-4-15(8-14)18-5-6-26-28-18)10-25-20(13)29-12-27-30(21(29)31)11-17(9-24)19(22)23;3-2(4,5)1(6)7/h2-8,10,12H,9,11,24H2,1H3,(H,26,28);(H,6,7). The third-order valence-corrected chi connectivity index (χ3v) is 5.12. The van der Waals surface area contributed by atoms with Crippen LogP contribution in [0.3, 0.4) is 0 Å². The fraction of sp³-hybridized carbons (Fsp3) is 0.174. The number of carboxylic acid groups (broad SMARTS) is 1. The summed E-state index contributed by atoms with van der Waals surface area (Å²) in [5.74, 6) is -2.38. The molecule has 0 saturated heterocycles. The minimum atomic E-state index is -5.08. The quantitative estimate of drug-likeness (QED) is 0.319. The van der Waals surface area contributed by atoms with E-state index in [0.29, 0.717) is 5.82 Å². The maximum Gasteiger partial charge on any atom is 0.490 e. The lowest BCUT2D eigenvalue weighted by atomic mass is 10.0. The number of alkyl halides is 3. The Hall–Kier alpha value is -4.66. The van der Waals surface area contributed by atoms with Crippen LogP contribution in [0, 0.1) is 6.92 Å². The highest BCUT2D eigenvalue weighted by atomic mass is 19.4. The average Bonchev–Trinajstić information content (AvgIpc) is 3.53. The number of H-pyrrole nitrogens is 1. The lowest BCUT2D eigenvalue weighted by Gasteiger charge is -2.09. The number of nitrogens with two attached hydrogens (primary N) is 1. The number of rotatable bonds is 6. The highest BCUT2D eigenvalue weighted by Crippen LogP contribution is 2.26. The van der Waals surface area contributed by atoms with Crippen LogP contribution in [0.5, 0.6) is 0 Å². The van der Waals surface area contributed by atoms with Crippen molar-refractivity contribution in [3.8, 4) is 28.2 Å². The van der Waals surface area contributed by atoms with Gasteiger partial charge >= 0.3 is 17.8 Å². The van der Waals surface area contributed by atoms with Crippen LogP contribution in [-0.4, -0.2) is 53.3 Å². The normalized spacial score (nSPS) is 11.0. The van der Waals surface area contributed by atoms with Crippen molar-refractivity contribution >= 4 is 5.97 Å². The molecule has 0 aliphatic heterocycles. The SMILES string of the molecule is Cc1cc(-c2cccc(-c3ccn[nH]3)c2)cnc1-n1cnn(CC(CN)=C(F)F)c1=O.O=C(O)C(F)(F)F. The lowest BCUT2D eigenvalue weighted by Crippen LogP contribution is -2.27. The number of aliphatic carboxylic acids is 1. The van der Waals surface area contributed by atoms with E-state index in [2.05, 4.69) is 20.3 Å². The molecule has 0 radical (unpaired) electrons. The fourth-order valence-corrected chi connectivity index (χ4v) is 3.23. The predicted octanol–water partition coefficient (Wildman–Crippen LogP) is 3.54. The zero-order chi connectivity index (χ0) is 28.0. The van der Waals surface area contributed by atoms with E-state index in [1.165, 1.54) is 10.9 Å². The van der Waals surface area contributed by atoms with E-state index in [9.17, 15) is 26.7 Å². The van der Waals surface area contributed by atoms with E-state index < -0.39 is 23.9 Å². The smallest absolute Gasteiger partial charge is 0.475 e. The Morgan fingerprint density at radius 3 is 2.37 bits per heavy atom. The molecule has 0 fully saturated rings. The summed E-state index contributed by atoms with van der Waals surface area (Å²) < 4.78 is 59.6. The molecule has 4 aromatic rings. The van der Waals surface area contributed by atoms with Crippen molar-refractivity contribution in [2.24, 2.45) is 5.73 Å². The van der Waals surface area contributed by atoms with Crippen LogP contribution in [0.15, 0.2) is 71.6 Å². The highest BCUT2D eigenvalue weighted by molar-refractivity contribution is 5.73. The van der Waals surface area contributed by atoms with Gasteiger partial charge in [0.05, 0.1) is 12.2 Å². The van der Waals surface area contributed by atoms with Gasteiger partial charge in [-0.25, -0.2) is 23.8 Å². The summed E-state index contributed by atoms with van der Waals surface area (Å²) in [5, 5.41) is 18.0. The van der Waals surface area contributed by atoms with Gasteiger partial charge in [0.1, 0.15) is 12.1 Å². The van der Waals surface area contributed by atoms with Crippen LogP contribution in [-0.2, 0) is 11.3 Å². The molecule has 0 aliphatic carbocycles. The van der Waals surface area contributed by atoms with Gasteiger partial charge in [-0.15, -0.1) is 0 Å². The molecule has 10 nitrogen and oxygen atoms in total. The van der Waals surface area contributed by atoms with Crippen molar-refractivity contribution in [1.29, 1.82) is 0 Å². The minimum Gasteiger partial charge on any atom is -0.475 e. The van der Waals surface area contributed by atoms with Crippen molar-refractivity contribution in [2.45, 2.75) is 19.6 Å². The van der Waals surface area contributed by atoms with Crippen LogP contribution in [0.2, 0.25) is 0 Å². The van der Waals surface area contributed by atoms with E-state index in [4.69, 9.17) is 15.6 Å². The summed E-state index contributed by atoms with van der Waals surface area (Å²) in [6.07, 6.45) is -2.38. The van der Waals surface area contributed by atoms with Gasteiger partial charge in [-0.05, 0) is 36.2 Å². The lowest BCUT2D eigenvalue weighted by molar-refractivity contribution is -0.192. The zero-order valence-electron chi connectivity index (χ0n) is 19.6. The Morgan fingerprint density at radius 2 is 1.82 bits per heavy atom. The van der Waals surface area contributed by atoms with Gasteiger partial charge in [-0.3, -0.25) is 5.10 Å². The van der Waals surface area contributed by atoms with Crippen LogP contribution < -0.4 is 11.4 Å². The summed E-state index contributed by atoms with van der Waals surface area (Å²) in [7, 11) is 0. The Morgan fingerprint density at radius 1 is 1.13 bits per heavy atom. The number of carboxylic acids is 1. The third kappa shape index (κ3) is 6.56. The molecular formula is C23H20F5N7O3. The Labute approximate surface area is 210 Å². The monoisotopic (exact) mass is 537 g/mol. The number of carbonyl (C=O) groups is 1. The molecule has 1 aromatic carbocycles. The summed E-state index contributed by atoms with van der Waals surface area (Å²) in [4.78, 5) is 26.0. The first-order valence-electron chi connectivity index (χ1n) is 10.7. The maximum absolute atomic E-state index is 12.9. The number of aromatic nitrogens is 6. The molecule has 0 atom stereocenters. The predicted molar refractivity (Wildman–Crippen MR) is 125 cm³/mol. The largest absolute Gasteiger partial charge is 0.490 e. The van der Waals surface area contributed by atoms with Gasteiger partial charge in [-0.1, -0.05) is 18.2 Å². The number of nitrogens with one attached hydrogen (secondary N) is 1. The van der Waals surface area contributed by atoms with Crippen molar-refractivity contribution < 1.29 is 31.9 Å². The zero-order valence-corrected chi connectivity index (χ0v) is 19.6. The topological polar surface area (TPSA) is 145 Å². The molecule has 0 bridgehead atoms. The van der Waals surface area contributed by atoms with Crippen molar-refractivity contribution in [2.75, 3.05) is 6.54 Å². The molecule has 0 spiro atoms. The first kappa shape index (κ1) is 27.9. The van der Waals surface area contributed by atoms with Crippen LogP contribution in [0.25, 0.3) is 28.2 Å². The van der Waals surface area contributed by atoms with Gasteiger partial charge < -0.3 is 10.8 Å². The minimum absolute atomic E-state index is 0.343. The molecule has 200 valence electrons. The average molecular weight is 537 g/mol. The molecule has 38 heavy (non-hydrogen) atoms. The van der Waals surface area contributed by atoms with Gasteiger partial charge in [0.25, 0.3) is 6.08 Å². The fourth-order valence-electron chi connectivity index (χ4n) is 3.23. The van der Waals surface area contributed by atoms with Crippen molar-refractivity contribution in [1.82, 2.24) is 29.5 Å². The number of hydrogen-bond donors (Lipinski definition) is 3. The third-order valence-electron chi connectivity index (χ3n) is 5.12. The molecule has 0 amide bonds. The van der Waals surface area contributed by atoms with E-state index >= 15 is 0 Å². The summed E-state index contributed by atoms with van der Waals surface area (Å²) in [6, 6.07) is 11.7. The van der Waals surface area contributed by atoms with Gasteiger partial charge in [0.2, 0.25) is 0 Å². The molecule has 4 rings (SSSR count). The first-order chi connectivity index (χ1) is 17.9. The number of hydrogen-bond acceptors (Lipinski definition) is 6. The van der Waals surface area contributed by atoms with E-state index in [0.717, 1.165) is 32.6 Å². The molecule has 0 aliphatic rings. The van der Waals surface area contributed by atoms with Gasteiger partial charge in [-0.2, -0.15) is 32.1 Å². The highest BCUT2D eigenvalue weighted by Gasteiger charge is 2.38. The Balaban J connectivity index is 0.000000505. The first-order valence-corrected chi connectivity index (χ1v) is 10.7. The molecule has 15 heteroatoms. The maximum atomic E-state index is 12.9.